The van der Waals surface area contributed by atoms with Gasteiger partial charge in [-0.3, -0.25) is 9.59 Å². The Labute approximate surface area is 142 Å². The fourth-order valence-corrected chi connectivity index (χ4v) is 2.30. The van der Waals surface area contributed by atoms with Crippen molar-refractivity contribution in [1.82, 2.24) is 10.6 Å². The zero-order chi connectivity index (χ0) is 17.9. The molecule has 0 aromatic heterocycles. The molecule has 0 aliphatic carbocycles. The van der Waals surface area contributed by atoms with Crippen LogP contribution in [0.3, 0.4) is 0 Å². The van der Waals surface area contributed by atoms with Crippen molar-refractivity contribution in [3.8, 4) is 0 Å². The maximum absolute atomic E-state index is 12.5. The highest BCUT2D eigenvalue weighted by Gasteiger charge is 2.24. The lowest BCUT2D eigenvalue weighted by atomic mass is 9.98. The van der Waals surface area contributed by atoms with E-state index in [-0.39, 0.29) is 37.5 Å². The molecule has 6 heteroatoms. The molecule has 0 aliphatic rings. The van der Waals surface area contributed by atoms with Crippen LogP contribution in [-0.2, 0) is 9.59 Å². The van der Waals surface area contributed by atoms with Crippen LogP contribution >= 0.6 is 0 Å². The molecular formula is C18H26N2O4. The smallest absolute Gasteiger partial charge is 0.224 e. The topological polar surface area (TPSA) is 98.7 Å². The number of rotatable bonds is 10. The zero-order valence-corrected chi connectivity index (χ0v) is 13.9. The predicted octanol–water partition coefficient (Wildman–Crippen LogP) is 0.916. The van der Waals surface area contributed by atoms with Crippen LogP contribution in [-0.4, -0.2) is 41.3 Å². The highest BCUT2D eigenvalue weighted by atomic mass is 16.3. The number of carbonyl (C=O) groups excluding carboxylic acids is 2. The second kappa shape index (κ2) is 10.6. The van der Waals surface area contributed by atoms with Crippen molar-refractivity contribution in [2.75, 3.05) is 13.2 Å². The van der Waals surface area contributed by atoms with Crippen molar-refractivity contribution in [3.63, 3.8) is 0 Å². The number of amides is 2. The normalized spacial score (nSPS) is 14.3. The molecule has 0 aliphatic heterocycles. The summed E-state index contributed by atoms with van der Waals surface area (Å²) < 4.78 is 0. The maximum Gasteiger partial charge on any atom is 0.224 e. The van der Waals surface area contributed by atoms with Gasteiger partial charge in [-0.2, -0.15) is 0 Å². The molecule has 0 bridgehead atoms. The fourth-order valence-electron chi connectivity index (χ4n) is 2.30. The average molecular weight is 334 g/mol. The Hall–Kier alpha value is -2.18. The van der Waals surface area contributed by atoms with Gasteiger partial charge in [0.25, 0.3) is 0 Å². The minimum atomic E-state index is -0.578. The molecule has 1 aromatic carbocycles. The highest BCUT2D eigenvalue weighted by molar-refractivity contribution is 5.86. The number of carbonyl (C=O) groups is 2. The van der Waals surface area contributed by atoms with E-state index in [1.807, 2.05) is 30.3 Å². The minimum absolute atomic E-state index is 0.00483. The van der Waals surface area contributed by atoms with E-state index < -0.39 is 12.0 Å². The minimum Gasteiger partial charge on any atom is -0.394 e. The molecule has 2 amide bonds. The number of nitrogens with one attached hydrogen (secondary N) is 2. The lowest BCUT2D eigenvalue weighted by Gasteiger charge is -2.21. The summed E-state index contributed by atoms with van der Waals surface area (Å²) in [5, 5.41) is 23.9. The number of aliphatic hydroxyl groups is 2. The van der Waals surface area contributed by atoms with Crippen molar-refractivity contribution >= 4 is 11.8 Å². The molecule has 0 saturated carbocycles. The Morgan fingerprint density at radius 1 is 1.17 bits per heavy atom. The third-order valence-corrected chi connectivity index (χ3v) is 3.64. The first-order valence-corrected chi connectivity index (χ1v) is 7.99. The number of aliphatic hydroxyl groups excluding tert-OH is 2. The van der Waals surface area contributed by atoms with Gasteiger partial charge < -0.3 is 20.8 Å². The van der Waals surface area contributed by atoms with Gasteiger partial charge in [-0.25, -0.2) is 0 Å². The van der Waals surface area contributed by atoms with E-state index in [9.17, 15) is 14.7 Å². The standard InChI is InChI=1S/C18H26N2O4/c1-3-7-15(10-17(23)19-13(2)11-21)18(24)20-16(12-22)14-8-5-4-6-9-14/h3-6,8-9,13,15-16,21-22H,1,7,10-12H2,2H3,(H,19,23)(H,20,24)/t13-,15-,16+/m1/s1. The molecule has 0 radical (unpaired) electrons. The van der Waals surface area contributed by atoms with E-state index in [0.717, 1.165) is 5.56 Å². The molecule has 0 spiro atoms. The SMILES string of the molecule is C=CC[C@H](CC(=O)N[C@H](C)CO)C(=O)N[C@@H](CO)c1ccccc1. The van der Waals surface area contributed by atoms with E-state index >= 15 is 0 Å². The van der Waals surface area contributed by atoms with Crippen LogP contribution in [0.1, 0.15) is 31.4 Å². The van der Waals surface area contributed by atoms with Crippen LogP contribution in [0.5, 0.6) is 0 Å². The summed E-state index contributed by atoms with van der Waals surface area (Å²) in [5.41, 5.74) is 0.795. The lowest BCUT2D eigenvalue weighted by molar-refractivity contribution is -0.131. The molecule has 0 unspecified atom stereocenters. The molecule has 132 valence electrons. The van der Waals surface area contributed by atoms with E-state index in [0.29, 0.717) is 6.42 Å². The van der Waals surface area contributed by atoms with Crippen molar-refractivity contribution < 1.29 is 19.8 Å². The average Bonchev–Trinajstić information content (AvgIpc) is 2.59. The summed E-state index contributed by atoms with van der Waals surface area (Å²) in [6, 6.07) is 8.26. The molecule has 0 saturated heterocycles. The number of hydrogen-bond donors (Lipinski definition) is 4. The predicted molar refractivity (Wildman–Crippen MR) is 92.0 cm³/mol. The van der Waals surface area contributed by atoms with Crippen LogP contribution < -0.4 is 10.6 Å². The van der Waals surface area contributed by atoms with Gasteiger partial charge in [-0.1, -0.05) is 36.4 Å². The van der Waals surface area contributed by atoms with E-state index in [2.05, 4.69) is 17.2 Å². The molecule has 3 atom stereocenters. The van der Waals surface area contributed by atoms with Crippen molar-refractivity contribution in [2.45, 2.75) is 31.8 Å². The van der Waals surface area contributed by atoms with Gasteiger partial charge in [0.15, 0.2) is 0 Å². The molecule has 1 rings (SSSR count). The van der Waals surface area contributed by atoms with Crippen molar-refractivity contribution in [3.05, 3.63) is 48.6 Å². The van der Waals surface area contributed by atoms with Gasteiger partial charge in [0.1, 0.15) is 0 Å². The van der Waals surface area contributed by atoms with Gasteiger partial charge in [-0.05, 0) is 18.9 Å². The van der Waals surface area contributed by atoms with E-state index in [1.54, 1.807) is 13.0 Å². The van der Waals surface area contributed by atoms with E-state index in [1.165, 1.54) is 0 Å². The Bertz CT molecular complexity index is 533. The second-order valence-electron chi connectivity index (χ2n) is 5.73. The molecule has 6 nitrogen and oxygen atoms in total. The Kier molecular flexibility index (Phi) is 8.75. The molecule has 24 heavy (non-hydrogen) atoms. The van der Waals surface area contributed by atoms with Crippen LogP contribution in [0, 0.1) is 5.92 Å². The third-order valence-electron chi connectivity index (χ3n) is 3.64. The number of allylic oxidation sites excluding steroid dienone is 1. The molecule has 4 N–H and O–H groups in total. The van der Waals surface area contributed by atoms with Crippen LogP contribution in [0.25, 0.3) is 0 Å². The van der Waals surface area contributed by atoms with Crippen LogP contribution in [0.4, 0.5) is 0 Å². The summed E-state index contributed by atoms with van der Waals surface area (Å²) in [6.07, 6.45) is 1.93. The maximum atomic E-state index is 12.5. The van der Waals surface area contributed by atoms with Crippen molar-refractivity contribution in [1.29, 1.82) is 0 Å². The fraction of sp³-hybridized carbons (Fsp3) is 0.444. The van der Waals surface area contributed by atoms with Gasteiger partial charge in [0.05, 0.1) is 25.2 Å². The van der Waals surface area contributed by atoms with E-state index in [4.69, 9.17) is 5.11 Å². The number of hydrogen-bond acceptors (Lipinski definition) is 4. The van der Waals surface area contributed by atoms with Gasteiger partial charge >= 0.3 is 0 Å². The van der Waals surface area contributed by atoms with Gasteiger partial charge in [0.2, 0.25) is 11.8 Å². The second-order valence-corrected chi connectivity index (χ2v) is 5.73. The molecular weight excluding hydrogens is 308 g/mol. The Balaban J connectivity index is 2.71. The van der Waals surface area contributed by atoms with Crippen molar-refractivity contribution in [2.24, 2.45) is 5.92 Å². The highest BCUT2D eigenvalue weighted by Crippen LogP contribution is 2.16. The Morgan fingerprint density at radius 2 is 1.83 bits per heavy atom. The van der Waals surface area contributed by atoms with Crippen LogP contribution in [0.15, 0.2) is 43.0 Å². The Morgan fingerprint density at radius 3 is 2.38 bits per heavy atom. The summed E-state index contributed by atoms with van der Waals surface area (Å²) in [6.45, 7) is 4.91. The van der Waals surface area contributed by atoms with Gasteiger partial charge in [-0.15, -0.1) is 6.58 Å². The summed E-state index contributed by atoms with van der Waals surface area (Å²) in [5.74, 6) is -1.20. The van der Waals surface area contributed by atoms with Gasteiger partial charge in [0, 0.05) is 12.5 Å². The van der Waals surface area contributed by atoms with Crippen LogP contribution in [0.2, 0.25) is 0 Å². The quantitative estimate of drug-likeness (QED) is 0.478. The first kappa shape index (κ1) is 19.9. The molecule has 0 heterocycles. The summed E-state index contributed by atoms with van der Waals surface area (Å²) in [7, 11) is 0. The third kappa shape index (κ3) is 6.52. The largest absolute Gasteiger partial charge is 0.394 e. The monoisotopic (exact) mass is 334 g/mol. The summed E-state index contributed by atoms with van der Waals surface area (Å²) >= 11 is 0. The first-order chi connectivity index (χ1) is 11.5. The summed E-state index contributed by atoms with van der Waals surface area (Å²) in [4.78, 5) is 24.4. The lowest BCUT2D eigenvalue weighted by Crippen LogP contribution is -2.40. The zero-order valence-electron chi connectivity index (χ0n) is 13.9. The molecule has 0 fully saturated rings. The molecule has 1 aromatic rings. The number of benzene rings is 1. The first-order valence-electron chi connectivity index (χ1n) is 7.99.